The summed E-state index contributed by atoms with van der Waals surface area (Å²) in [6, 6.07) is 4.67. The summed E-state index contributed by atoms with van der Waals surface area (Å²) in [5, 5.41) is 13.9. The van der Waals surface area contributed by atoms with Gasteiger partial charge in [-0.15, -0.1) is 0 Å². The highest BCUT2D eigenvalue weighted by Gasteiger charge is 2.12. The van der Waals surface area contributed by atoms with E-state index in [1.165, 1.54) is 13.2 Å². The highest BCUT2D eigenvalue weighted by molar-refractivity contribution is 6.31. The molecule has 0 unspecified atom stereocenters. The van der Waals surface area contributed by atoms with Crippen LogP contribution in [0.2, 0.25) is 5.02 Å². The Morgan fingerprint density at radius 3 is 2.94 bits per heavy atom. The Hall–Kier alpha value is -1.95. The van der Waals surface area contributed by atoms with Crippen LogP contribution in [0.4, 0.5) is 0 Å². The zero-order chi connectivity index (χ0) is 12.8. The first-order valence-corrected chi connectivity index (χ1v) is 5.04. The van der Waals surface area contributed by atoms with Gasteiger partial charge in [0.05, 0.1) is 19.2 Å². The second-order valence-corrected chi connectivity index (χ2v) is 3.56. The van der Waals surface area contributed by atoms with Crippen LogP contribution in [0.25, 0.3) is 0 Å². The topological polar surface area (TPSA) is 96.9 Å². The molecule has 7 heteroatoms. The fraction of sp³-hybridized carbons (Fsp3) is 0.200. The van der Waals surface area contributed by atoms with Crippen molar-refractivity contribution in [3.05, 3.63) is 28.8 Å². The number of hydrogen-bond acceptors (Lipinski definition) is 4. The molecule has 1 rings (SSSR count). The molecule has 92 valence electrons. The van der Waals surface area contributed by atoms with E-state index >= 15 is 0 Å². The monoisotopic (exact) mass is 257 g/mol. The Bertz CT molecular complexity index is 448. The zero-order valence-electron chi connectivity index (χ0n) is 9.11. The van der Waals surface area contributed by atoms with Crippen LogP contribution in [-0.2, 0) is 0 Å². The number of methoxy groups -OCH3 is 1. The van der Waals surface area contributed by atoms with Crippen molar-refractivity contribution in [3.63, 3.8) is 0 Å². The van der Waals surface area contributed by atoms with Crippen LogP contribution in [0.1, 0.15) is 10.4 Å². The van der Waals surface area contributed by atoms with E-state index in [0.717, 1.165) is 0 Å². The van der Waals surface area contributed by atoms with Gasteiger partial charge in [-0.25, -0.2) is 0 Å². The number of carbonyl (C=O) groups is 1. The lowest BCUT2D eigenvalue weighted by atomic mass is 10.2. The molecule has 0 radical (unpaired) electrons. The van der Waals surface area contributed by atoms with E-state index in [1.807, 2.05) is 0 Å². The van der Waals surface area contributed by atoms with Gasteiger partial charge in [-0.3, -0.25) is 4.79 Å². The Morgan fingerprint density at radius 1 is 1.65 bits per heavy atom. The number of amides is 1. The van der Waals surface area contributed by atoms with Gasteiger partial charge in [0.1, 0.15) is 5.75 Å². The number of rotatable bonds is 4. The Kier molecular flexibility index (Phi) is 4.59. The third-order valence-electron chi connectivity index (χ3n) is 1.96. The number of amidine groups is 1. The third kappa shape index (κ3) is 3.53. The van der Waals surface area contributed by atoms with Gasteiger partial charge < -0.3 is 21.0 Å². The summed E-state index contributed by atoms with van der Waals surface area (Å²) in [4.78, 5) is 11.8. The molecule has 0 aliphatic heterocycles. The standard InChI is InChI=1S/C10H12ClN3O3/c1-17-8-3-2-6(11)4-7(8)10(15)13-5-9(12)14-16/h2-4,16H,5H2,1H3,(H2,12,14)(H,13,15). The second kappa shape index (κ2) is 5.95. The summed E-state index contributed by atoms with van der Waals surface area (Å²) >= 11 is 5.78. The molecule has 4 N–H and O–H groups in total. The van der Waals surface area contributed by atoms with E-state index < -0.39 is 5.91 Å². The first-order chi connectivity index (χ1) is 8.08. The molecule has 0 saturated carbocycles. The van der Waals surface area contributed by atoms with Crippen LogP contribution in [0.5, 0.6) is 5.75 Å². The molecule has 1 amide bonds. The number of nitrogens with zero attached hydrogens (tertiary/aromatic N) is 1. The van der Waals surface area contributed by atoms with Gasteiger partial charge in [0.2, 0.25) is 0 Å². The molecule has 0 atom stereocenters. The molecule has 0 aromatic heterocycles. The Labute approximate surface area is 103 Å². The molecular formula is C10H12ClN3O3. The summed E-state index contributed by atoms with van der Waals surface area (Å²) in [5.74, 6) is -0.123. The summed E-state index contributed by atoms with van der Waals surface area (Å²) in [6.45, 7) is -0.0645. The fourth-order valence-corrected chi connectivity index (χ4v) is 1.33. The maximum absolute atomic E-state index is 11.8. The highest BCUT2D eigenvalue weighted by Crippen LogP contribution is 2.22. The number of halogens is 1. The van der Waals surface area contributed by atoms with Crippen molar-refractivity contribution >= 4 is 23.3 Å². The molecule has 0 bridgehead atoms. The normalized spacial score (nSPS) is 11.1. The van der Waals surface area contributed by atoms with E-state index in [4.69, 9.17) is 27.3 Å². The number of oxime groups is 1. The summed E-state index contributed by atoms with van der Waals surface area (Å²) in [5.41, 5.74) is 5.51. The second-order valence-electron chi connectivity index (χ2n) is 3.12. The Morgan fingerprint density at radius 2 is 2.35 bits per heavy atom. The largest absolute Gasteiger partial charge is 0.496 e. The van der Waals surface area contributed by atoms with Crippen molar-refractivity contribution in [1.82, 2.24) is 5.32 Å². The number of nitrogens with one attached hydrogen (secondary N) is 1. The van der Waals surface area contributed by atoms with Gasteiger partial charge in [0.25, 0.3) is 5.91 Å². The lowest BCUT2D eigenvalue weighted by Gasteiger charge is -2.09. The van der Waals surface area contributed by atoms with Crippen molar-refractivity contribution in [2.45, 2.75) is 0 Å². The lowest BCUT2D eigenvalue weighted by molar-refractivity contribution is 0.0956. The average Bonchev–Trinajstić information content (AvgIpc) is 2.35. The van der Waals surface area contributed by atoms with E-state index in [1.54, 1.807) is 12.1 Å². The van der Waals surface area contributed by atoms with Crippen molar-refractivity contribution in [2.75, 3.05) is 13.7 Å². The number of carbonyl (C=O) groups excluding carboxylic acids is 1. The van der Waals surface area contributed by atoms with E-state index in [9.17, 15) is 4.79 Å². The molecule has 6 nitrogen and oxygen atoms in total. The first kappa shape index (κ1) is 13.1. The average molecular weight is 258 g/mol. The Balaban J connectivity index is 2.84. The van der Waals surface area contributed by atoms with E-state index in [-0.39, 0.29) is 17.9 Å². The van der Waals surface area contributed by atoms with Crippen LogP contribution in [0.15, 0.2) is 23.4 Å². The fourth-order valence-electron chi connectivity index (χ4n) is 1.16. The SMILES string of the molecule is COc1ccc(Cl)cc1C(=O)NC/C(N)=N/O. The summed E-state index contributed by atoms with van der Waals surface area (Å²) in [6.07, 6.45) is 0. The molecule has 0 aliphatic rings. The highest BCUT2D eigenvalue weighted by atomic mass is 35.5. The van der Waals surface area contributed by atoms with Crippen LogP contribution in [0.3, 0.4) is 0 Å². The van der Waals surface area contributed by atoms with Crippen LogP contribution >= 0.6 is 11.6 Å². The smallest absolute Gasteiger partial charge is 0.255 e. The van der Waals surface area contributed by atoms with E-state index in [2.05, 4.69) is 10.5 Å². The van der Waals surface area contributed by atoms with Crippen LogP contribution < -0.4 is 15.8 Å². The molecule has 0 fully saturated rings. The molecule has 1 aromatic rings. The van der Waals surface area contributed by atoms with Gasteiger partial charge in [-0.05, 0) is 18.2 Å². The molecule has 0 aliphatic carbocycles. The van der Waals surface area contributed by atoms with Gasteiger partial charge >= 0.3 is 0 Å². The maximum Gasteiger partial charge on any atom is 0.255 e. The molecule has 0 saturated heterocycles. The summed E-state index contributed by atoms with van der Waals surface area (Å²) in [7, 11) is 1.45. The maximum atomic E-state index is 11.8. The van der Waals surface area contributed by atoms with Crippen molar-refractivity contribution in [3.8, 4) is 5.75 Å². The van der Waals surface area contributed by atoms with Crippen molar-refractivity contribution in [2.24, 2.45) is 10.9 Å². The van der Waals surface area contributed by atoms with Gasteiger partial charge in [-0.1, -0.05) is 16.8 Å². The minimum atomic E-state index is -0.420. The first-order valence-electron chi connectivity index (χ1n) is 4.66. The number of hydrogen-bond donors (Lipinski definition) is 3. The number of nitrogens with two attached hydrogens (primary N) is 1. The predicted molar refractivity (Wildman–Crippen MR) is 63.7 cm³/mol. The van der Waals surface area contributed by atoms with E-state index in [0.29, 0.717) is 10.8 Å². The van der Waals surface area contributed by atoms with Gasteiger partial charge in [0, 0.05) is 5.02 Å². The predicted octanol–water partition coefficient (Wildman–Crippen LogP) is 0.825. The minimum absolute atomic E-state index is 0.0645. The molecule has 0 spiro atoms. The number of ether oxygens (including phenoxy) is 1. The quantitative estimate of drug-likeness (QED) is 0.322. The lowest BCUT2D eigenvalue weighted by Crippen LogP contribution is -2.33. The molecule has 17 heavy (non-hydrogen) atoms. The van der Waals surface area contributed by atoms with Crippen LogP contribution in [-0.4, -0.2) is 30.6 Å². The molecule has 0 heterocycles. The van der Waals surface area contributed by atoms with Crippen molar-refractivity contribution in [1.29, 1.82) is 0 Å². The molecule has 1 aromatic carbocycles. The summed E-state index contributed by atoms with van der Waals surface area (Å²) < 4.78 is 5.02. The zero-order valence-corrected chi connectivity index (χ0v) is 9.86. The minimum Gasteiger partial charge on any atom is -0.496 e. The third-order valence-corrected chi connectivity index (χ3v) is 2.20. The van der Waals surface area contributed by atoms with Crippen LogP contribution in [0, 0.1) is 0 Å². The number of benzene rings is 1. The van der Waals surface area contributed by atoms with Gasteiger partial charge in [-0.2, -0.15) is 0 Å². The van der Waals surface area contributed by atoms with Crippen molar-refractivity contribution < 1.29 is 14.7 Å². The van der Waals surface area contributed by atoms with Gasteiger partial charge in [0.15, 0.2) is 5.84 Å². The molecular weight excluding hydrogens is 246 g/mol.